The molecule has 1 aromatic rings. The average molecular weight is 487 g/mol. The van der Waals surface area contributed by atoms with E-state index in [0.717, 1.165) is 45.1 Å². The summed E-state index contributed by atoms with van der Waals surface area (Å²) in [4.78, 5) is 7.28. The van der Waals surface area contributed by atoms with E-state index in [1.165, 1.54) is 5.56 Å². The molecule has 2 atom stereocenters. The van der Waals surface area contributed by atoms with Crippen molar-refractivity contribution in [1.29, 1.82) is 0 Å². The molecule has 0 amide bonds. The van der Waals surface area contributed by atoms with Crippen LogP contribution in [0.4, 0.5) is 0 Å². The van der Waals surface area contributed by atoms with Gasteiger partial charge < -0.3 is 16.0 Å². The molecule has 2 unspecified atom stereocenters. The number of nitrogens with one attached hydrogen (secondary N) is 3. The van der Waals surface area contributed by atoms with Gasteiger partial charge in [-0.25, -0.2) is 0 Å². The first-order chi connectivity index (χ1) is 12.4. The van der Waals surface area contributed by atoms with E-state index in [0.29, 0.717) is 12.1 Å². The van der Waals surface area contributed by atoms with Gasteiger partial charge in [0.05, 0.1) is 6.54 Å². The van der Waals surface area contributed by atoms with E-state index in [1.54, 1.807) is 0 Å². The van der Waals surface area contributed by atoms with Gasteiger partial charge in [0, 0.05) is 43.8 Å². The van der Waals surface area contributed by atoms with Gasteiger partial charge in [-0.1, -0.05) is 30.3 Å². The normalized spacial score (nSPS) is 21.0. The van der Waals surface area contributed by atoms with Crippen LogP contribution in [0.5, 0.6) is 0 Å². The van der Waals surface area contributed by atoms with Crippen LogP contribution in [-0.4, -0.2) is 54.7 Å². The minimum atomic E-state index is 0. The van der Waals surface area contributed by atoms with Gasteiger partial charge >= 0.3 is 0 Å². The van der Waals surface area contributed by atoms with Crippen LogP contribution in [0.25, 0.3) is 0 Å². The third-order valence-electron chi connectivity index (χ3n) is 4.65. The predicted molar refractivity (Wildman–Crippen MR) is 127 cm³/mol. The number of guanidine groups is 1. The number of benzene rings is 1. The average Bonchev–Trinajstić information content (AvgIpc) is 2.91. The van der Waals surface area contributed by atoms with Crippen LogP contribution < -0.4 is 16.0 Å². The van der Waals surface area contributed by atoms with Crippen molar-refractivity contribution in [3.8, 4) is 0 Å². The Morgan fingerprint density at radius 2 is 1.93 bits per heavy atom. The summed E-state index contributed by atoms with van der Waals surface area (Å²) in [6.07, 6.45) is 1.15. The molecule has 27 heavy (non-hydrogen) atoms. The van der Waals surface area contributed by atoms with Crippen molar-refractivity contribution in [2.45, 2.75) is 65.2 Å². The molecule has 1 aliphatic heterocycles. The molecule has 6 heteroatoms. The molecule has 1 fully saturated rings. The highest BCUT2D eigenvalue weighted by Gasteiger charge is 2.29. The zero-order chi connectivity index (χ0) is 19.0. The maximum absolute atomic E-state index is 4.73. The third-order valence-corrected chi connectivity index (χ3v) is 4.65. The molecule has 1 aliphatic rings. The van der Waals surface area contributed by atoms with E-state index < -0.39 is 0 Å². The maximum atomic E-state index is 4.73. The molecule has 0 aliphatic carbocycles. The van der Waals surface area contributed by atoms with Crippen LogP contribution in [0.3, 0.4) is 0 Å². The van der Waals surface area contributed by atoms with Crippen molar-refractivity contribution in [1.82, 2.24) is 20.9 Å². The van der Waals surface area contributed by atoms with Crippen LogP contribution in [0.2, 0.25) is 0 Å². The van der Waals surface area contributed by atoms with Crippen molar-refractivity contribution < 1.29 is 0 Å². The lowest BCUT2D eigenvalue weighted by Gasteiger charge is -2.21. The fraction of sp³-hybridized carbons (Fsp3) is 0.667. The first-order valence-electron chi connectivity index (χ1n) is 9.95. The Hall–Kier alpha value is -0.860. The lowest BCUT2D eigenvalue weighted by Crippen LogP contribution is -2.45. The SMILES string of the molecule is CCNC(=NCCNC(C)(C)C)NC1CC(C)N(Cc2ccccc2)C1.I. The summed E-state index contributed by atoms with van der Waals surface area (Å²) in [5.74, 6) is 0.932. The van der Waals surface area contributed by atoms with Gasteiger partial charge in [-0.05, 0) is 46.6 Å². The van der Waals surface area contributed by atoms with Crippen molar-refractivity contribution in [2.75, 3.05) is 26.2 Å². The second-order valence-corrected chi connectivity index (χ2v) is 8.28. The first kappa shape index (κ1) is 24.2. The van der Waals surface area contributed by atoms with E-state index in [4.69, 9.17) is 4.99 Å². The summed E-state index contributed by atoms with van der Waals surface area (Å²) < 4.78 is 0. The molecule has 1 heterocycles. The van der Waals surface area contributed by atoms with Gasteiger partial charge in [0.25, 0.3) is 0 Å². The van der Waals surface area contributed by atoms with Crippen LogP contribution in [0, 0.1) is 0 Å². The van der Waals surface area contributed by atoms with Crippen LogP contribution >= 0.6 is 24.0 Å². The summed E-state index contributed by atoms with van der Waals surface area (Å²) in [5, 5.41) is 10.5. The fourth-order valence-electron chi connectivity index (χ4n) is 3.35. The third kappa shape index (κ3) is 9.25. The highest BCUT2D eigenvalue weighted by Crippen LogP contribution is 2.20. The molecule has 0 spiro atoms. The molecule has 0 aromatic heterocycles. The number of hydrogen-bond acceptors (Lipinski definition) is 3. The van der Waals surface area contributed by atoms with Crippen LogP contribution in [0.15, 0.2) is 35.3 Å². The Morgan fingerprint density at radius 1 is 1.22 bits per heavy atom. The van der Waals surface area contributed by atoms with E-state index in [9.17, 15) is 0 Å². The fourth-order valence-corrected chi connectivity index (χ4v) is 3.35. The van der Waals surface area contributed by atoms with Crippen LogP contribution in [0.1, 0.15) is 46.6 Å². The zero-order valence-electron chi connectivity index (χ0n) is 17.6. The van der Waals surface area contributed by atoms with E-state index in [2.05, 4.69) is 85.8 Å². The second-order valence-electron chi connectivity index (χ2n) is 8.28. The van der Waals surface area contributed by atoms with Gasteiger partial charge in [-0.3, -0.25) is 9.89 Å². The smallest absolute Gasteiger partial charge is 0.191 e. The van der Waals surface area contributed by atoms with Crippen molar-refractivity contribution in [2.24, 2.45) is 4.99 Å². The molecule has 2 rings (SSSR count). The highest BCUT2D eigenvalue weighted by molar-refractivity contribution is 14.0. The standard InChI is InChI=1S/C21H37N5.HI/c1-6-22-20(23-12-13-24-21(3,4)5)25-19-14-17(2)26(16-19)15-18-10-8-7-9-11-18;/h7-11,17,19,24H,6,12-16H2,1-5H3,(H2,22,23,25);1H. The van der Waals surface area contributed by atoms with Gasteiger partial charge in [0.2, 0.25) is 0 Å². The molecular weight excluding hydrogens is 449 g/mol. The lowest BCUT2D eigenvalue weighted by atomic mass is 10.1. The summed E-state index contributed by atoms with van der Waals surface area (Å²) in [5.41, 5.74) is 1.52. The molecule has 3 N–H and O–H groups in total. The summed E-state index contributed by atoms with van der Waals surface area (Å²) in [7, 11) is 0. The van der Waals surface area contributed by atoms with Gasteiger partial charge in [0.1, 0.15) is 0 Å². The topological polar surface area (TPSA) is 51.7 Å². The second kappa shape index (κ2) is 11.9. The summed E-state index contributed by atoms with van der Waals surface area (Å²) in [6.45, 7) is 15.6. The maximum Gasteiger partial charge on any atom is 0.191 e. The van der Waals surface area contributed by atoms with E-state index in [-0.39, 0.29) is 29.5 Å². The quantitative estimate of drug-likeness (QED) is 0.239. The molecule has 154 valence electrons. The minimum absolute atomic E-state index is 0. The Morgan fingerprint density at radius 3 is 2.56 bits per heavy atom. The minimum Gasteiger partial charge on any atom is -0.357 e. The highest BCUT2D eigenvalue weighted by atomic mass is 127. The van der Waals surface area contributed by atoms with E-state index in [1.807, 2.05) is 0 Å². The Balaban J connectivity index is 0.00000364. The summed E-state index contributed by atoms with van der Waals surface area (Å²) in [6, 6.07) is 11.8. The van der Waals surface area contributed by atoms with Crippen molar-refractivity contribution >= 4 is 29.9 Å². The Labute approximate surface area is 182 Å². The molecule has 1 aromatic carbocycles. The Kier molecular flexibility index (Phi) is 10.6. The lowest BCUT2D eigenvalue weighted by molar-refractivity contribution is 0.258. The summed E-state index contributed by atoms with van der Waals surface area (Å²) >= 11 is 0. The number of halogens is 1. The van der Waals surface area contributed by atoms with Gasteiger partial charge in [-0.15, -0.1) is 24.0 Å². The van der Waals surface area contributed by atoms with Crippen LogP contribution in [-0.2, 0) is 6.54 Å². The van der Waals surface area contributed by atoms with E-state index >= 15 is 0 Å². The van der Waals surface area contributed by atoms with Crippen molar-refractivity contribution in [3.63, 3.8) is 0 Å². The van der Waals surface area contributed by atoms with Gasteiger partial charge in [-0.2, -0.15) is 0 Å². The monoisotopic (exact) mass is 487 g/mol. The number of hydrogen-bond donors (Lipinski definition) is 3. The largest absolute Gasteiger partial charge is 0.357 e. The number of nitrogens with zero attached hydrogens (tertiary/aromatic N) is 2. The van der Waals surface area contributed by atoms with Crippen molar-refractivity contribution in [3.05, 3.63) is 35.9 Å². The number of aliphatic imine (C=N–C) groups is 1. The first-order valence-corrected chi connectivity index (χ1v) is 9.95. The molecule has 5 nitrogen and oxygen atoms in total. The predicted octanol–water partition coefficient (Wildman–Crippen LogP) is 3.21. The molecule has 0 saturated carbocycles. The number of likely N-dealkylation sites (tertiary alicyclic amines) is 1. The molecule has 1 saturated heterocycles. The Bertz CT molecular complexity index is 555. The zero-order valence-corrected chi connectivity index (χ0v) is 19.9. The number of rotatable bonds is 7. The van der Waals surface area contributed by atoms with Gasteiger partial charge in [0.15, 0.2) is 5.96 Å². The molecular formula is C21H38IN5. The molecule has 0 bridgehead atoms. The molecule has 0 radical (unpaired) electrons.